The molecule has 0 spiro atoms. The first-order valence-corrected chi connectivity index (χ1v) is 3.01. The van der Waals surface area contributed by atoms with Crippen molar-refractivity contribution in [1.29, 1.82) is 0 Å². The SMILES string of the molecule is CC1C=CC(=O)C1Cl. The molecule has 0 aromatic rings. The summed E-state index contributed by atoms with van der Waals surface area (Å²) in [6, 6.07) is 0. The van der Waals surface area contributed by atoms with E-state index in [0.29, 0.717) is 0 Å². The summed E-state index contributed by atoms with van der Waals surface area (Å²) in [4.78, 5) is 10.6. The van der Waals surface area contributed by atoms with Crippen LogP contribution in [0, 0.1) is 5.92 Å². The lowest BCUT2D eigenvalue weighted by Crippen LogP contribution is -2.11. The summed E-state index contributed by atoms with van der Waals surface area (Å²) < 4.78 is 0. The van der Waals surface area contributed by atoms with E-state index in [1.54, 1.807) is 6.08 Å². The highest BCUT2D eigenvalue weighted by molar-refractivity contribution is 6.34. The number of alkyl halides is 1. The summed E-state index contributed by atoms with van der Waals surface area (Å²) >= 11 is 5.60. The Hall–Kier alpha value is -0.300. The monoisotopic (exact) mass is 130 g/mol. The van der Waals surface area contributed by atoms with Gasteiger partial charge in [0.15, 0.2) is 5.78 Å². The van der Waals surface area contributed by atoms with Gasteiger partial charge in [0.05, 0.1) is 0 Å². The molecule has 0 N–H and O–H groups in total. The summed E-state index contributed by atoms with van der Waals surface area (Å²) in [6.45, 7) is 1.93. The number of carbonyl (C=O) groups is 1. The first-order chi connectivity index (χ1) is 3.72. The smallest absolute Gasteiger partial charge is 0.173 e. The van der Waals surface area contributed by atoms with Gasteiger partial charge >= 0.3 is 0 Å². The van der Waals surface area contributed by atoms with Crippen LogP contribution in [0.2, 0.25) is 0 Å². The van der Waals surface area contributed by atoms with E-state index in [2.05, 4.69) is 0 Å². The lowest BCUT2D eigenvalue weighted by atomic mass is 10.1. The molecule has 0 saturated heterocycles. The number of carbonyl (C=O) groups excluding carboxylic acids is 1. The van der Waals surface area contributed by atoms with Gasteiger partial charge in [-0.15, -0.1) is 11.6 Å². The predicted octanol–water partition coefficient (Wildman–Crippen LogP) is 1.37. The molecule has 2 atom stereocenters. The van der Waals surface area contributed by atoms with Crippen LogP contribution in [-0.4, -0.2) is 11.2 Å². The van der Waals surface area contributed by atoms with Crippen molar-refractivity contribution < 1.29 is 4.79 Å². The molecule has 0 aromatic heterocycles. The maximum Gasteiger partial charge on any atom is 0.173 e. The molecule has 0 aromatic carbocycles. The van der Waals surface area contributed by atoms with Gasteiger partial charge in [-0.3, -0.25) is 4.79 Å². The van der Waals surface area contributed by atoms with Crippen LogP contribution in [0.3, 0.4) is 0 Å². The van der Waals surface area contributed by atoms with Crippen molar-refractivity contribution in [1.82, 2.24) is 0 Å². The lowest BCUT2D eigenvalue weighted by Gasteiger charge is -2.01. The fraction of sp³-hybridized carbons (Fsp3) is 0.500. The molecule has 2 unspecified atom stereocenters. The van der Waals surface area contributed by atoms with Gasteiger partial charge in [-0.2, -0.15) is 0 Å². The van der Waals surface area contributed by atoms with Crippen molar-refractivity contribution in [2.24, 2.45) is 5.92 Å². The second-order valence-corrected chi connectivity index (χ2v) is 2.49. The molecule has 0 aliphatic heterocycles. The van der Waals surface area contributed by atoms with Crippen LogP contribution in [0.15, 0.2) is 12.2 Å². The molecule has 0 amide bonds. The fourth-order valence-electron chi connectivity index (χ4n) is 0.695. The van der Waals surface area contributed by atoms with Gasteiger partial charge in [0.25, 0.3) is 0 Å². The third kappa shape index (κ3) is 0.781. The zero-order chi connectivity index (χ0) is 6.15. The zero-order valence-corrected chi connectivity index (χ0v) is 5.35. The Bertz CT molecular complexity index is 139. The minimum atomic E-state index is -0.296. The topological polar surface area (TPSA) is 17.1 Å². The van der Waals surface area contributed by atoms with E-state index in [9.17, 15) is 4.79 Å². The van der Waals surface area contributed by atoms with Crippen LogP contribution >= 0.6 is 11.6 Å². The van der Waals surface area contributed by atoms with E-state index in [1.165, 1.54) is 0 Å². The van der Waals surface area contributed by atoms with Gasteiger partial charge in [0, 0.05) is 0 Å². The van der Waals surface area contributed by atoms with Crippen LogP contribution in [0.5, 0.6) is 0 Å². The minimum Gasteiger partial charge on any atom is -0.293 e. The molecule has 1 nitrogen and oxygen atoms in total. The number of halogens is 1. The molecule has 0 bridgehead atoms. The standard InChI is InChI=1S/C6H7ClO/c1-4-2-3-5(8)6(4)7/h2-4,6H,1H3. The largest absolute Gasteiger partial charge is 0.293 e. The summed E-state index contributed by atoms with van der Waals surface area (Å²) in [6.07, 6.45) is 3.38. The number of allylic oxidation sites excluding steroid dienone is 2. The molecule has 0 fully saturated rings. The fourth-order valence-corrected chi connectivity index (χ4v) is 0.852. The molecule has 1 aliphatic carbocycles. The third-order valence-corrected chi connectivity index (χ3v) is 1.91. The van der Waals surface area contributed by atoms with Gasteiger partial charge in [-0.25, -0.2) is 0 Å². The Kier molecular flexibility index (Phi) is 1.39. The average molecular weight is 131 g/mol. The maximum absolute atomic E-state index is 10.6. The van der Waals surface area contributed by atoms with Crippen molar-refractivity contribution in [2.75, 3.05) is 0 Å². The molecule has 8 heavy (non-hydrogen) atoms. The van der Waals surface area contributed by atoms with E-state index < -0.39 is 0 Å². The second kappa shape index (κ2) is 1.90. The molecule has 0 saturated carbocycles. The van der Waals surface area contributed by atoms with E-state index >= 15 is 0 Å². The van der Waals surface area contributed by atoms with Gasteiger partial charge in [0.2, 0.25) is 0 Å². The Morgan fingerprint density at radius 3 is 2.50 bits per heavy atom. The average Bonchev–Trinajstić information content (AvgIpc) is 1.98. The van der Waals surface area contributed by atoms with Crippen molar-refractivity contribution in [3.8, 4) is 0 Å². The van der Waals surface area contributed by atoms with Crippen LogP contribution in [0.1, 0.15) is 6.92 Å². The molecule has 44 valence electrons. The van der Waals surface area contributed by atoms with Crippen molar-refractivity contribution in [2.45, 2.75) is 12.3 Å². The summed E-state index contributed by atoms with van der Waals surface area (Å²) in [7, 11) is 0. The number of rotatable bonds is 0. The number of ketones is 1. The molecular formula is C6H7ClO. The highest BCUT2D eigenvalue weighted by Crippen LogP contribution is 2.19. The van der Waals surface area contributed by atoms with Crippen molar-refractivity contribution in [3.63, 3.8) is 0 Å². The van der Waals surface area contributed by atoms with E-state index in [1.807, 2.05) is 13.0 Å². The molecular weight excluding hydrogens is 124 g/mol. The number of hydrogen-bond acceptors (Lipinski definition) is 1. The molecule has 0 heterocycles. The Morgan fingerprint density at radius 1 is 1.75 bits per heavy atom. The molecule has 1 aliphatic rings. The quantitative estimate of drug-likeness (QED) is 0.453. The second-order valence-electron chi connectivity index (χ2n) is 2.02. The number of hydrogen-bond donors (Lipinski definition) is 0. The van der Waals surface area contributed by atoms with Gasteiger partial charge in [-0.1, -0.05) is 13.0 Å². The van der Waals surface area contributed by atoms with E-state index in [4.69, 9.17) is 11.6 Å². The Balaban J connectivity index is 2.69. The zero-order valence-electron chi connectivity index (χ0n) is 4.60. The summed E-state index contributed by atoms with van der Waals surface area (Å²) in [5.41, 5.74) is 0. The predicted molar refractivity (Wildman–Crippen MR) is 33.0 cm³/mol. The lowest BCUT2D eigenvalue weighted by molar-refractivity contribution is -0.114. The van der Waals surface area contributed by atoms with Crippen LogP contribution in [0.25, 0.3) is 0 Å². The van der Waals surface area contributed by atoms with Crippen LogP contribution in [-0.2, 0) is 4.79 Å². The van der Waals surface area contributed by atoms with Crippen molar-refractivity contribution >= 4 is 17.4 Å². The molecule has 0 radical (unpaired) electrons. The van der Waals surface area contributed by atoms with E-state index in [-0.39, 0.29) is 17.1 Å². The van der Waals surface area contributed by atoms with Gasteiger partial charge in [-0.05, 0) is 12.0 Å². The van der Waals surface area contributed by atoms with Crippen LogP contribution in [0.4, 0.5) is 0 Å². The first kappa shape index (κ1) is 5.83. The highest BCUT2D eigenvalue weighted by atomic mass is 35.5. The molecule has 2 heteroatoms. The Labute approximate surface area is 53.3 Å². The first-order valence-electron chi connectivity index (χ1n) is 2.58. The normalized spacial score (nSPS) is 36.5. The van der Waals surface area contributed by atoms with E-state index in [0.717, 1.165) is 0 Å². The Morgan fingerprint density at radius 2 is 2.38 bits per heavy atom. The molecule has 1 rings (SSSR count). The minimum absolute atomic E-state index is 0.0409. The maximum atomic E-state index is 10.6. The van der Waals surface area contributed by atoms with Gasteiger partial charge in [0.1, 0.15) is 5.38 Å². The third-order valence-electron chi connectivity index (χ3n) is 1.30. The highest BCUT2D eigenvalue weighted by Gasteiger charge is 2.23. The summed E-state index contributed by atoms with van der Waals surface area (Å²) in [5.74, 6) is 0.267. The summed E-state index contributed by atoms with van der Waals surface area (Å²) in [5, 5.41) is -0.296. The van der Waals surface area contributed by atoms with Crippen molar-refractivity contribution in [3.05, 3.63) is 12.2 Å². The van der Waals surface area contributed by atoms with Gasteiger partial charge < -0.3 is 0 Å². The van der Waals surface area contributed by atoms with Crippen LogP contribution < -0.4 is 0 Å².